The minimum atomic E-state index is -0.466. The normalized spacial score (nSPS) is 10.6. The summed E-state index contributed by atoms with van der Waals surface area (Å²) in [4.78, 5) is 16.8. The number of thiazole rings is 1. The molecule has 3 nitrogen and oxygen atoms in total. The van der Waals surface area contributed by atoms with E-state index in [0.29, 0.717) is 5.69 Å². The molecule has 0 saturated heterocycles. The van der Waals surface area contributed by atoms with Gasteiger partial charge in [0.15, 0.2) is 0 Å². The SMILES string of the molecule is CCc1nc(C(N)=O)c(-c2ccccc2CCS)s1. The number of benzene rings is 1. The van der Waals surface area contributed by atoms with Crippen LogP contribution in [0.2, 0.25) is 0 Å². The molecule has 0 aliphatic rings. The molecule has 5 heteroatoms. The van der Waals surface area contributed by atoms with E-state index in [2.05, 4.69) is 23.7 Å². The average molecular weight is 292 g/mol. The van der Waals surface area contributed by atoms with E-state index in [9.17, 15) is 4.79 Å². The number of thiol groups is 1. The van der Waals surface area contributed by atoms with Crippen LogP contribution < -0.4 is 5.73 Å². The Kier molecular flexibility index (Phi) is 4.61. The van der Waals surface area contributed by atoms with Gasteiger partial charge in [-0.05, 0) is 29.7 Å². The molecule has 0 spiro atoms. The zero-order valence-electron chi connectivity index (χ0n) is 10.7. The molecule has 0 radical (unpaired) electrons. The molecule has 2 rings (SSSR count). The lowest BCUT2D eigenvalue weighted by Crippen LogP contribution is -2.13. The van der Waals surface area contributed by atoms with Gasteiger partial charge < -0.3 is 5.73 Å². The summed E-state index contributed by atoms with van der Waals surface area (Å²) in [6, 6.07) is 8.03. The van der Waals surface area contributed by atoms with Crippen LogP contribution in [0.15, 0.2) is 24.3 Å². The van der Waals surface area contributed by atoms with Crippen LogP contribution in [0.4, 0.5) is 0 Å². The van der Waals surface area contributed by atoms with Crippen molar-refractivity contribution in [2.45, 2.75) is 19.8 Å². The Hall–Kier alpha value is -1.33. The van der Waals surface area contributed by atoms with E-state index >= 15 is 0 Å². The van der Waals surface area contributed by atoms with Gasteiger partial charge in [-0.15, -0.1) is 11.3 Å². The summed E-state index contributed by atoms with van der Waals surface area (Å²) in [5, 5.41) is 0.935. The van der Waals surface area contributed by atoms with E-state index in [1.54, 1.807) is 11.3 Å². The molecule has 0 aliphatic carbocycles. The Balaban J connectivity index is 2.57. The van der Waals surface area contributed by atoms with Crippen LogP contribution in [0.5, 0.6) is 0 Å². The number of nitrogens with two attached hydrogens (primary N) is 1. The standard InChI is InChI=1S/C14H16N2OS2/c1-2-11-16-12(14(15)17)13(19-11)10-6-4-3-5-9(10)7-8-18/h3-6,18H,2,7-8H2,1H3,(H2,15,17). The molecule has 19 heavy (non-hydrogen) atoms. The smallest absolute Gasteiger partial charge is 0.268 e. The lowest BCUT2D eigenvalue weighted by molar-refractivity contribution is 0.0996. The molecule has 1 heterocycles. The fraction of sp³-hybridized carbons (Fsp3) is 0.286. The number of nitrogens with zero attached hydrogens (tertiary/aromatic N) is 1. The molecule has 1 amide bonds. The summed E-state index contributed by atoms with van der Waals surface area (Å²) in [5.41, 5.74) is 8.03. The molecule has 100 valence electrons. The quantitative estimate of drug-likeness (QED) is 0.833. The van der Waals surface area contributed by atoms with Gasteiger partial charge in [-0.3, -0.25) is 4.79 Å². The predicted molar refractivity (Wildman–Crippen MR) is 83.0 cm³/mol. The molecule has 0 atom stereocenters. The molecular weight excluding hydrogens is 276 g/mol. The van der Waals surface area contributed by atoms with Crippen molar-refractivity contribution in [3.63, 3.8) is 0 Å². The van der Waals surface area contributed by atoms with Gasteiger partial charge in [0.25, 0.3) is 5.91 Å². The fourth-order valence-electron chi connectivity index (χ4n) is 1.95. The third-order valence-electron chi connectivity index (χ3n) is 2.85. The van der Waals surface area contributed by atoms with Crippen LogP contribution in [0.3, 0.4) is 0 Å². The van der Waals surface area contributed by atoms with Gasteiger partial charge >= 0.3 is 0 Å². The van der Waals surface area contributed by atoms with Crippen molar-refractivity contribution in [3.8, 4) is 10.4 Å². The van der Waals surface area contributed by atoms with E-state index in [1.807, 2.05) is 25.1 Å². The average Bonchev–Trinajstić information content (AvgIpc) is 2.84. The molecule has 2 aromatic rings. The van der Waals surface area contributed by atoms with Crippen LogP contribution >= 0.6 is 24.0 Å². The number of carbonyl (C=O) groups is 1. The number of hydrogen-bond acceptors (Lipinski definition) is 4. The summed E-state index contributed by atoms with van der Waals surface area (Å²) in [6.45, 7) is 2.02. The van der Waals surface area contributed by atoms with E-state index in [1.165, 1.54) is 5.56 Å². The van der Waals surface area contributed by atoms with Gasteiger partial charge in [-0.2, -0.15) is 12.6 Å². The Morgan fingerprint density at radius 1 is 1.42 bits per heavy atom. The van der Waals surface area contributed by atoms with Gasteiger partial charge in [-0.1, -0.05) is 31.2 Å². The Bertz CT molecular complexity index is 593. The molecular formula is C14H16N2OS2. The highest BCUT2D eigenvalue weighted by Crippen LogP contribution is 2.33. The first-order valence-electron chi connectivity index (χ1n) is 6.16. The number of aromatic nitrogens is 1. The van der Waals surface area contributed by atoms with E-state index in [0.717, 1.165) is 34.0 Å². The van der Waals surface area contributed by atoms with Gasteiger partial charge in [0.05, 0.1) is 9.88 Å². The summed E-state index contributed by atoms with van der Waals surface area (Å²) in [6.07, 6.45) is 1.66. The van der Waals surface area contributed by atoms with Crippen molar-refractivity contribution in [2.24, 2.45) is 5.73 Å². The first-order valence-corrected chi connectivity index (χ1v) is 7.61. The highest BCUT2D eigenvalue weighted by molar-refractivity contribution is 7.80. The summed E-state index contributed by atoms with van der Waals surface area (Å²) in [5.74, 6) is 0.300. The summed E-state index contributed by atoms with van der Waals surface area (Å²) in [7, 11) is 0. The highest BCUT2D eigenvalue weighted by atomic mass is 32.1. The van der Waals surface area contributed by atoms with Gasteiger partial charge in [0.1, 0.15) is 5.69 Å². The van der Waals surface area contributed by atoms with Crippen molar-refractivity contribution in [1.29, 1.82) is 0 Å². The van der Waals surface area contributed by atoms with Crippen LogP contribution in [0.1, 0.15) is 28.0 Å². The van der Waals surface area contributed by atoms with Crippen molar-refractivity contribution in [2.75, 3.05) is 5.75 Å². The third kappa shape index (κ3) is 2.98. The highest BCUT2D eigenvalue weighted by Gasteiger charge is 2.18. The lowest BCUT2D eigenvalue weighted by Gasteiger charge is -2.07. The second kappa shape index (κ2) is 6.21. The molecule has 1 aromatic carbocycles. The summed E-state index contributed by atoms with van der Waals surface area (Å²) < 4.78 is 0. The maximum atomic E-state index is 11.5. The minimum Gasteiger partial charge on any atom is -0.364 e. The zero-order valence-corrected chi connectivity index (χ0v) is 12.4. The minimum absolute atomic E-state index is 0.383. The first-order chi connectivity index (χ1) is 9.17. The molecule has 0 aliphatic heterocycles. The summed E-state index contributed by atoms with van der Waals surface area (Å²) >= 11 is 5.82. The number of rotatable bonds is 5. The molecule has 1 aromatic heterocycles. The number of hydrogen-bond donors (Lipinski definition) is 2. The largest absolute Gasteiger partial charge is 0.364 e. The first kappa shape index (κ1) is 14.1. The van der Waals surface area contributed by atoms with Crippen LogP contribution in [-0.2, 0) is 12.8 Å². The van der Waals surface area contributed by atoms with Crippen LogP contribution in [-0.4, -0.2) is 16.6 Å². The van der Waals surface area contributed by atoms with E-state index < -0.39 is 5.91 Å². The topological polar surface area (TPSA) is 56.0 Å². The maximum absolute atomic E-state index is 11.5. The van der Waals surface area contributed by atoms with Gasteiger partial charge in [0.2, 0.25) is 0 Å². The second-order valence-corrected chi connectivity index (χ2v) is 5.66. The monoisotopic (exact) mass is 292 g/mol. The third-order valence-corrected chi connectivity index (χ3v) is 4.31. The van der Waals surface area contributed by atoms with E-state index in [4.69, 9.17) is 5.73 Å². The van der Waals surface area contributed by atoms with E-state index in [-0.39, 0.29) is 0 Å². The molecule has 0 saturated carbocycles. The number of amides is 1. The predicted octanol–water partition coefficient (Wildman–Crippen LogP) is 2.94. The lowest BCUT2D eigenvalue weighted by atomic mass is 10.0. The molecule has 0 fully saturated rings. The number of aryl methyl sites for hydroxylation is 2. The fourth-order valence-corrected chi connectivity index (χ4v) is 3.26. The Morgan fingerprint density at radius 3 is 2.79 bits per heavy atom. The van der Waals surface area contributed by atoms with Gasteiger partial charge in [0, 0.05) is 0 Å². The van der Waals surface area contributed by atoms with Crippen LogP contribution in [0, 0.1) is 0 Å². The van der Waals surface area contributed by atoms with Crippen molar-refractivity contribution < 1.29 is 4.79 Å². The Labute approximate surface area is 122 Å². The molecule has 0 unspecified atom stereocenters. The van der Waals surface area contributed by atoms with Crippen molar-refractivity contribution >= 4 is 29.9 Å². The molecule has 2 N–H and O–H groups in total. The number of primary amides is 1. The number of carbonyl (C=O) groups excluding carboxylic acids is 1. The van der Waals surface area contributed by atoms with Gasteiger partial charge in [-0.25, -0.2) is 4.98 Å². The van der Waals surface area contributed by atoms with Crippen LogP contribution in [0.25, 0.3) is 10.4 Å². The second-order valence-electron chi connectivity index (χ2n) is 4.13. The molecule has 0 bridgehead atoms. The van der Waals surface area contributed by atoms with Crippen molar-refractivity contribution in [1.82, 2.24) is 4.98 Å². The zero-order chi connectivity index (χ0) is 13.8. The maximum Gasteiger partial charge on any atom is 0.268 e. The Morgan fingerprint density at radius 2 is 2.16 bits per heavy atom. The van der Waals surface area contributed by atoms with Crippen molar-refractivity contribution in [3.05, 3.63) is 40.5 Å².